The van der Waals surface area contributed by atoms with Crippen LogP contribution in [0.4, 0.5) is 0 Å². The van der Waals surface area contributed by atoms with Crippen molar-refractivity contribution in [1.29, 1.82) is 0 Å². The summed E-state index contributed by atoms with van der Waals surface area (Å²) >= 11 is 0. The molecule has 2 atom stereocenters. The Hall–Kier alpha value is -2.04. The second kappa shape index (κ2) is 5.76. The van der Waals surface area contributed by atoms with E-state index >= 15 is 0 Å². The number of benzene rings is 2. The fraction of sp³-hybridized carbons (Fsp3) is 0.294. The highest BCUT2D eigenvalue weighted by Crippen LogP contribution is 2.40. The van der Waals surface area contributed by atoms with Crippen LogP contribution in [0, 0.1) is 0 Å². The number of nitrogens with two attached hydrogens (primary N) is 1. The molecule has 0 saturated heterocycles. The Morgan fingerprint density at radius 1 is 1.10 bits per heavy atom. The van der Waals surface area contributed by atoms with E-state index < -0.39 is 0 Å². The molecule has 4 heteroatoms. The normalized spacial score (nSPS) is 21.0. The third-order valence-electron chi connectivity index (χ3n) is 3.95. The predicted molar refractivity (Wildman–Crippen MR) is 80.3 cm³/mol. The van der Waals surface area contributed by atoms with Gasteiger partial charge in [0.15, 0.2) is 11.5 Å². The highest BCUT2D eigenvalue weighted by atomic mass is 16.5. The number of hydrogen-bond acceptors (Lipinski definition) is 4. The molecule has 0 bridgehead atoms. The Balaban J connectivity index is 1.89. The van der Waals surface area contributed by atoms with Crippen LogP contribution in [0.15, 0.2) is 42.5 Å². The van der Waals surface area contributed by atoms with Crippen molar-refractivity contribution in [1.82, 2.24) is 0 Å². The van der Waals surface area contributed by atoms with E-state index in [9.17, 15) is 10.2 Å². The zero-order chi connectivity index (χ0) is 14.8. The number of hydrogen-bond donors (Lipinski definition) is 3. The number of fused-ring (bicyclic) bond motifs is 1. The van der Waals surface area contributed by atoms with E-state index in [1.165, 1.54) is 11.6 Å². The van der Waals surface area contributed by atoms with Crippen LogP contribution in [0.1, 0.15) is 22.8 Å². The number of phenolic OH excluding ortho intramolecular Hbond substituents is 2. The van der Waals surface area contributed by atoms with Crippen molar-refractivity contribution in [2.45, 2.75) is 25.0 Å². The van der Waals surface area contributed by atoms with Gasteiger partial charge in [0.25, 0.3) is 0 Å². The van der Waals surface area contributed by atoms with Gasteiger partial charge >= 0.3 is 0 Å². The zero-order valence-electron chi connectivity index (χ0n) is 11.7. The Labute approximate surface area is 123 Å². The number of aromatic hydroxyl groups is 2. The molecule has 0 amide bonds. The Morgan fingerprint density at radius 3 is 2.57 bits per heavy atom. The van der Waals surface area contributed by atoms with Crippen molar-refractivity contribution in [2.24, 2.45) is 5.73 Å². The van der Waals surface area contributed by atoms with E-state index in [1.54, 1.807) is 6.07 Å². The minimum atomic E-state index is -0.242. The predicted octanol–water partition coefficient (Wildman–Crippen LogP) is 2.28. The molecule has 110 valence electrons. The molecule has 4 nitrogen and oxygen atoms in total. The zero-order valence-corrected chi connectivity index (χ0v) is 11.7. The van der Waals surface area contributed by atoms with Gasteiger partial charge in [-0.05, 0) is 23.6 Å². The third kappa shape index (κ3) is 2.73. The number of ether oxygens (including phenoxy) is 1. The molecule has 2 unspecified atom stereocenters. The van der Waals surface area contributed by atoms with Crippen LogP contribution >= 0.6 is 0 Å². The van der Waals surface area contributed by atoms with Crippen LogP contribution in [-0.2, 0) is 17.6 Å². The summed E-state index contributed by atoms with van der Waals surface area (Å²) in [6, 6.07) is 13.3. The van der Waals surface area contributed by atoms with E-state index in [1.807, 2.05) is 18.2 Å². The van der Waals surface area contributed by atoms with E-state index in [2.05, 4.69) is 12.1 Å². The van der Waals surface area contributed by atoms with Crippen molar-refractivity contribution in [2.75, 3.05) is 6.54 Å². The highest BCUT2D eigenvalue weighted by molar-refractivity contribution is 5.51. The second-order valence-corrected chi connectivity index (χ2v) is 5.38. The summed E-state index contributed by atoms with van der Waals surface area (Å²) in [6.45, 7) is 0.350. The maximum Gasteiger partial charge on any atom is 0.161 e. The maximum atomic E-state index is 10.1. The first kappa shape index (κ1) is 13.9. The van der Waals surface area contributed by atoms with Crippen LogP contribution in [0.3, 0.4) is 0 Å². The van der Waals surface area contributed by atoms with Crippen molar-refractivity contribution in [3.63, 3.8) is 0 Å². The van der Waals surface area contributed by atoms with Gasteiger partial charge < -0.3 is 20.7 Å². The molecule has 2 aromatic rings. The third-order valence-corrected chi connectivity index (χ3v) is 3.95. The first-order valence-corrected chi connectivity index (χ1v) is 7.12. The fourth-order valence-electron chi connectivity index (χ4n) is 2.92. The van der Waals surface area contributed by atoms with Gasteiger partial charge in [-0.2, -0.15) is 0 Å². The highest BCUT2D eigenvalue weighted by Gasteiger charge is 2.29. The SMILES string of the molecule is NCC1OC(Cc2ccccc2)Cc2c1ccc(O)c2O. The molecule has 1 heterocycles. The molecule has 21 heavy (non-hydrogen) atoms. The molecule has 0 radical (unpaired) electrons. The van der Waals surface area contributed by atoms with Gasteiger partial charge in [0.05, 0.1) is 12.2 Å². The molecule has 4 N–H and O–H groups in total. The van der Waals surface area contributed by atoms with Gasteiger partial charge in [0.2, 0.25) is 0 Å². The van der Waals surface area contributed by atoms with Crippen LogP contribution in [-0.4, -0.2) is 22.9 Å². The average molecular weight is 285 g/mol. The molecule has 0 aromatic heterocycles. The van der Waals surface area contributed by atoms with Crippen molar-refractivity contribution in [3.8, 4) is 11.5 Å². The van der Waals surface area contributed by atoms with Gasteiger partial charge in [-0.1, -0.05) is 36.4 Å². The number of phenols is 2. The molecule has 1 aliphatic heterocycles. The molecule has 3 rings (SSSR count). The summed E-state index contributed by atoms with van der Waals surface area (Å²) in [4.78, 5) is 0. The Morgan fingerprint density at radius 2 is 1.86 bits per heavy atom. The van der Waals surface area contributed by atoms with Gasteiger partial charge in [0, 0.05) is 18.5 Å². The summed E-state index contributed by atoms with van der Waals surface area (Å²) in [5.41, 5.74) is 8.59. The van der Waals surface area contributed by atoms with Crippen LogP contribution in [0.2, 0.25) is 0 Å². The summed E-state index contributed by atoms with van der Waals surface area (Å²) in [7, 11) is 0. The van der Waals surface area contributed by atoms with E-state index in [4.69, 9.17) is 10.5 Å². The van der Waals surface area contributed by atoms with Gasteiger partial charge in [-0.15, -0.1) is 0 Å². The molecule has 0 fully saturated rings. The molecule has 2 aromatic carbocycles. The Kier molecular flexibility index (Phi) is 3.82. The first-order chi connectivity index (χ1) is 10.2. The van der Waals surface area contributed by atoms with Gasteiger partial charge in [0.1, 0.15) is 0 Å². The lowest BCUT2D eigenvalue weighted by Gasteiger charge is -2.32. The van der Waals surface area contributed by atoms with E-state index in [0.717, 1.165) is 17.5 Å². The first-order valence-electron chi connectivity index (χ1n) is 7.12. The minimum absolute atomic E-state index is 0.0488. The lowest BCUT2D eigenvalue weighted by Crippen LogP contribution is -2.31. The molecular formula is C17H19NO3. The molecule has 0 saturated carbocycles. The Bertz CT molecular complexity index is 627. The van der Waals surface area contributed by atoms with Crippen molar-refractivity contribution >= 4 is 0 Å². The van der Waals surface area contributed by atoms with Gasteiger partial charge in [-0.3, -0.25) is 0 Å². The summed E-state index contributed by atoms with van der Waals surface area (Å²) < 4.78 is 6.04. The quantitative estimate of drug-likeness (QED) is 0.756. The van der Waals surface area contributed by atoms with Crippen molar-refractivity contribution < 1.29 is 14.9 Å². The maximum absolute atomic E-state index is 10.1. The summed E-state index contributed by atoms with van der Waals surface area (Å²) in [5.74, 6) is -0.141. The standard InChI is InChI=1S/C17H19NO3/c18-10-16-13-6-7-15(19)17(20)14(13)9-12(21-16)8-11-4-2-1-3-5-11/h1-7,12,16,19-20H,8-10,18H2. The number of rotatable bonds is 3. The smallest absolute Gasteiger partial charge is 0.161 e. The lowest BCUT2D eigenvalue weighted by molar-refractivity contribution is -0.0207. The lowest BCUT2D eigenvalue weighted by atomic mass is 9.90. The fourth-order valence-corrected chi connectivity index (χ4v) is 2.92. The second-order valence-electron chi connectivity index (χ2n) is 5.38. The van der Waals surface area contributed by atoms with E-state index in [-0.39, 0.29) is 23.7 Å². The van der Waals surface area contributed by atoms with E-state index in [0.29, 0.717) is 13.0 Å². The minimum Gasteiger partial charge on any atom is -0.504 e. The topological polar surface area (TPSA) is 75.7 Å². The summed E-state index contributed by atoms with van der Waals surface area (Å²) in [6.07, 6.45) is 1.03. The average Bonchev–Trinajstić information content (AvgIpc) is 2.51. The largest absolute Gasteiger partial charge is 0.504 e. The molecule has 1 aliphatic rings. The van der Waals surface area contributed by atoms with Crippen LogP contribution in [0.5, 0.6) is 11.5 Å². The van der Waals surface area contributed by atoms with Crippen LogP contribution < -0.4 is 5.73 Å². The van der Waals surface area contributed by atoms with Gasteiger partial charge in [-0.25, -0.2) is 0 Å². The summed E-state index contributed by atoms with van der Waals surface area (Å²) in [5, 5.41) is 19.8. The van der Waals surface area contributed by atoms with Crippen molar-refractivity contribution in [3.05, 3.63) is 59.2 Å². The molecule has 0 spiro atoms. The monoisotopic (exact) mass is 285 g/mol. The molecular weight excluding hydrogens is 266 g/mol. The van der Waals surface area contributed by atoms with Crippen LogP contribution in [0.25, 0.3) is 0 Å². The molecule has 0 aliphatic carbocycles.